The number of halogens is 4. The largest absolute Gasteiger partial charge is 0.492 e. The molecule has 0 atom stereocenters. The van der Waals surface area contributed by atoms with E-state index in [9.17, 15) is 18.0 Å². The normalized spacial score (nSPS) is 14.4. The van der Waals surface area contributed by atoms with Crippen LogP contribution >= 0.6 is 11.6 Å². The number of rotatable bonds is 5. The molecule has 0 unspecified atom stereocenters. The van der Waals surface area contributed by atoms with Crippen LogP contribution < -0.4 is 10.1 Å². The third kappa shape index (κ3) is 4.51. The lowest BCUT2D eigenvalue weighted by molar-refractivity contribution is -0.137. The van der Waals surface area contributed by atoms with Crippen LogP contribution in [-0.2, 0) is 17.5 Å². The van der Waals surface area contributed by atoms with Gasteiger partial charge >= 0.3 is 6.18 Å². The lowest BCUT2D eigenvalue weighted by Crippen LogP contribution is -2.07. The van der Waals surface area contributed by atoms with Gasteiger partial charge in [-0.15, -0.1) is 0 Å². The molecule has 1 N–H and O–H groups in total. The van der Waals surface area contributed by atoms with Gasteiger partial charge in [0.25, 0.3) is 5.91 Å². The van der Waals surface area contributed by atoms with Crippen LogP contribution in [0.4, 0.5) is 18.9 Å². The van der Waals surface area contributed by atoms with E-state index in [-0.39, 0.29) is 5.69 Å². The molecule has 35 heavy (non-hydrogen) atoms. The first-order valence-electron chi connectivity index (χ1n) is 10.9. The van der Waals surface area contributed by atoms with Crippen LogP contribution in [0.3, 0.4) is 0 Å². The summed E-state index contributed by atoms with van der Waals surface area (Å²) in [5.41, 5.74) is 2.81. The molecule has 4 aromatic rings. The van der Waals surface area contributed by atoms with Gasteiger partial charge in [-0.05, 0) is 55.0 Å². The van der Waals surface area contributed by atoms with Crippen molar-refractivity contribution in [1.82, 2.24) is 4.57 Å². The summed E-state index contributed by atoms with van der Waals surface area (Å²) in [6.07, 6.45) is -0.841. The Morgan fingerprint density at radius 1 is 1.09 bits per heavy atom. The molecule has 1 aliphatic rings. The maximum atomic E-state index is 13.1. The molecule has 0 fully saturated rings. The van der Waals surface area contributed by atoms with Gasteiger partial charge in [0.15, 0.2) is 0 Å². The van der Waals surface area contributed by atoms with Crippen LogP contribution in [-0.4, -0.2) is 17.1 Å². The molecular weight excluding hydrogens is 477 g/mol. The van der Waals surface area contributed by atoms with Gasteiger partial charge in [-0.3, -0.25) is 4.79 Å². The molecule has 4 nitrogen and oxygen atoms in total. The number of hydrogen-bond acceptors (Lipinski definition) is 2. The predicted octanol–water partition coefficient (Wildman–Crippen LogP) is 7.19. The van der Waals surface area contributed by atoms with Gasteiger partial charge in [-0.2, -0.15) is 13.2 Å². The van der Waals surface area contributed by atoms with Crippen LogP contribution in [0.5, 0.6) is 5.75 Å². The highest BCUT2D eigenvalue weighted by Crippen LogP contribution is 2.39. The van der Waals surface area contributed by atoms with Crippen molar-refractivity contribution in [3.8, 4) is 5.75 Å². The number of fused-ring (bicyclic) bond motifs is 2. The van der Waals surface area contributed by atoms with Crippen molar-refractivity contribution >= 4 is 45.7 Å². The lowest BCUT2D eigenvalue weighted by Gasteiger charge is -2.09. The highest BCUT2D eigenvalue weighted by atomic mass is 35.5. The second kappa shape index (κ2) is 8.82. The van der Waals surface area contributed by atoms with Gasteiger partial charge in [-0.25, -0.2) is 0 Å². The molecule has 0 bridgehead atoms. The van der Waals surface area contributed by atoms with Crippen molar-refractivity contribution in [2.75, 3.05) is 11.9 Å². The topological polar surface area (TPSA) is 43.3 Å². The number of anilines is 1. The number of aryl methyl sites for hydroxylation is 1. The summed E-state index contributed by atoms with van der Waals surface area (Å²) < 4.78 is 47.1. The third-order valence-corrected chi connectivity index (χ3v) is 6.40. The number of carbonyl (C=O) groups excluding carboxylic acids is 1. The Kier molecular flexibility index (Phi) is 5.81. The molecular formula is C27H20ClF3N2O2. The Morgan fingerprint density at radius 2 is 1.89 bits per heavy atom. The lowest BCUT2D eigenvalue weighted by atomic mass is 10.0. The monoisotopic (exact) mass is 496 g/mol. The molecule has 178 valence electrons. The summed E-state index contributed by atoms with van der Waals surface area (Å²) in [5, 5.41) is 4.16. The molecule has 0 saturated carbocycles. The van der Waals surface area contributed by atoms with Crippen LogP contribution in [0.1, 0.15) is 22.3 Å². The molecule has 1 aromatic heterocycles. The Bertz CT molecular complexity index is 1490. The molecule has 1 amide bonds. The quantitative estimate of drug-likeness (QED) is 0.297. The number of para-hydroxylation sites is 1. The Labute approximate surface area is 204 Å². The van der Waals surface area contributed by atoms with Crippen molar-refractivity contribution < 1.29 is 22.7 Å². The number of aromatic nitrogens is 1. The van der Waals surface area contributed by atoms with Gasteiger partial charge in [0, 0.05) is 44.5 Å². The number of alkyl halides is 3. The van der Waals surface area contributed by atoms with Crippen LogP contribution in [0.15, 0.2) is 66.9 Å². The minimum Gasteiger partial charge on any atom is -0.492 e. The second-order valence-electron chi connectivity index (χ2n) is 8.32. The van der Waals surface area contributed by atoms with E-state index in [1.54, 1.807) is 12.1 Å². The zero-order valence-electron chi connectivity index (χ0n) is 18.6. The van der Waals surface area contributed by atoms with Gasteiger partial charge in [0.2, 0.25) is 0 Å². The first-order valence-corrected chi connectivity index (χ1v) is 11.3. The van der Waals surface area contributed by atoms with E-state index in [2.05, 4.69) is 5.32 Å². The minimum absolute atomic E-state index is 0.159. The highest BCUT2D eigenvalue weighted by Gasteiger charge is 2.33. The van der Waals surface area contributed by atoms with E-state index < -0.39 is 17.6 Å². The predicted molar refractivity (Wildman–Crippen MR) is 132 cm³/mol. The van der Waals surface area contributed by atoms with Gasteiger partial charge in [0.1, 0.15) is 12.4 Å². The molecule has 0 aliphatic carbocycles. The third-order valence-electron chi connectivity index (χ3n) is 5.98. The Hall–Kier alpha value is -3.71. The van der Waals surface area contributed by atoms with E-state index in [1.165, 1.54) is 6.07 Å². The molecule has 8 heteroatoms. The van der Waals surface area contributed by atoms with E-state index in [0.717, 1.165) is 39.9 Å². The smallest absolute Gasteiger partial charge is 0.416 e. The number of hydrogen-bond donors (Lipinski definition) is 1. The molecule has 0 saturated heterocycles. The molecule has 3 aromatic carbocycles. The minimum atomic E-state index is -4.48. The summed E-state index contributed by atoms with van der Waals surface area (Å²) >= 11 is 6.07. The first kappa shape index (κ1) is 23.1. The van der Waals surface area contributed by atoms with Crippen LogP contribution in [0, 0.1) is 6.92 Å². The van der Waals surface area contributed by atoms with Crippen molar-refractivity contribution in [2.45, 2.75) is 19.6 Å². The zero-order chi connectivity index (χ0) is 24.7. The summed E-state index contributed by atoms with van der Waals surface area (Å²) in [5.74, 6) is 0.292. The van der Waals surface area contributed by atoms with E-state index in [4.69, 9.17) is 16.3 Å². The maximum absolute atomic E-state index is 13.1. The fourth-order valence-electron chi connectivity index (χ4n) is 4.21. The fraction of sp³-hybridized carbons (Fsp3) is 0.148. The summed E-state index contributed by atoms with van der Waals surface area (Å²) in [7, 11) is 0. The molecule has 0 spiro atoms. The fourth-order valence-corrected chi connectivity index (χ4v) is 4.33. The number of amides is 1. The van der Waals surface area contributed by atoms with Crippen LogP contribution in [0.25, 0.3) is 22.6 Å². The van der Waals surface area contributed by atoms with Crippen molar-refractivity contribution in [3.63, 3.8) is 0 Å². The summed E-state index contributed by atoms with van der Waals surface area (Å²) in [6, 6.07) is 16.5. The Morgan fingerprint density at radius 3 is 2.66 bits per heavy atom. The van der Waals surface area contributed by atoms with Gasteiger partial charge in [-0.1, -0.05) is 35.9 Å². The maximum Gasteiger partial charge on any atom is 0.416 e. The number of benzene rings is 3. The number of carbonyl (C=O) groups is 1. The first-order chi connectivity index (χ1) is 16.7. The second-order valence-corrected chi connectivity index (χ2v) is 8.73. The zero-order valence-corrected chi connectivity index (χ0v) is 19.4. The van der Waals surface area contributed by atoms with Gasteiger partial charge < -0.3 is 14.6 Å². The summed E-state index contributed by atoms with van der Waals surface area (Å²) in [4.78, 5) is 12.6. The molecule has 5 rings (SSSR count). The molecule has 1 aliphatic heterocycles. The highest BCUT2D eigenvalue weighted by molar-refractivity contribution is 6.35. The van der Waals surface area contributed by atoms with Crippen molar-refractivity contribution in [2.24, 2.45) is 0 Å². The molecule has 0 radical (unpaired) electrons. The number of nitrogens with one attached hydrogen (secondary N) is 1. The summed E-state index contributed by atoms with van der Waals surface area (Å²) in [6.45, 7) is 2.89. The van der Waals surface area contributed by atoms with Crippen molar-refractivity contribution in [1.29, 1.82) is 0 Å². The SMILES string of the molecule is Cc1cc(OCCn2cc(/C=C3/C(=O)Nc4cc(C(F)(F)F)ccc43)c3ccccc32)ccc1Cl. The van der Waals surface area contributed by atoms with E-state index >= 15 is 0 Å². The number of nitrogens with zero attached hydrogens (tertiary/aromatic N) is 1. The van der Waals surface area contributed by atoms with Crippen LogP contribution in [0.2, 0.25) is 5.02 Å². The van der Waals surface area contributed by atoms with Gasteiger partial charge in [0.05, 0.1) is 12.1 Å². The molecule has 2 heterocycles. The van der Waals surface area contributed by atoms with E-state index in [0.29, 0.717) is 29.3 Å². The average molecular weight is 497 g/mol. The number of ether oxygens (including phenoxy) is 1. The van der Waals surface area contributed by atoms with Crippen molar-refractivity contribution in [3.05, 3.63) is 94.1 Å². The Balaban J connectivity index is 1.44. The standard InChI is InChI=1S/C27H20ClF3N2O2/c1-16-12-19(7-9-23(16)28)35-11-10-33-15-17(20-4-2-3-5-25(20)33)13-22-21-8-6-18(27(29,30)31)14-24(21)32-26(22)34/h2-9,12-15H,10-11H2,1H3,(H,32,34)/b22-13+. The van der Waals surface area contributed by atoms with E-state index in [1.807, 2.05) is 54.1 Å². The average Bonchev–Trinajstić information content (AvgIpc) is 3.32.